The summed E-state index contributed by atoms with van der Waals surface area (Å²) in [4.78, 5) is 26.6. The summed E-state index contributed by atoms with van der Waals surface area (Å²) in [6.07, 6.45) is 0.922. The highest BCUT2D eigenvalue weighted by atomic mass is 79.9. The first-order chi connectivity index (χ1) is 13.3. The average molecular weight is 447 g/mol. The third-order valence-electron chi connectivity index (χ3n) is 4.64. The van der Waals surface area contributed by atoms with Crippen LogP contribution in [0.25, 0.3) is 0 Å². The Kier molecular flexibility index (Phi) is 8.05. The van der Waals surface area contributed by atoms with Crippen LogP contribution in [0, 0.1) is 6.92 Å². The SMILES string of the molecule is CCc1ccc(OCC(=O)N(Cc2ccc(C)cc2)[C@@H](C)C(=O)NC)c(Br)c1. The summed E-state index contributed by atoms with van der Waals surface area (Å²) >= 11 is 3.48. The fraction of sp³-hybridized carbons (Fsp3) is 0.364. The Labute approximate surface area is 175 Å². The maximum atomic E-state index is 12.9. The van der Waals surface area contributed by atoms with Crippen LogP contribution < -0.4 is 10.1 Å². The minimum absolute atomic E-state index is 0.142. The molecule has 0 saturated heterocycles. The van der Waals surface area contributed by atoms with Crippen LogP contribution in [0.5, 0.6) is 5.75 Å². The van der Waals surface area contributed by atoms with Crippen molar-refractivity contribution in [2.75, 3.05) is 13.7 Å². The monoisotopic (exact) mass is 446 g/mol. The van der Waals surface area contributed by atoms with Crippen molar-refractivity contribution in [2.24, 2.45) is 0 Å². The fourth-order valence-electron chi connectivity index (χ4n) is 2.79. The van der Waals surface area contributed by atoms with Gasteiger partial charge in [0.05, 0.1) is 4.47 Å². The van der Waals surface area contributed by atoms with Gasteiger partial charge in [-0.3, -0.25) is 9.59 Å². The van der Waals surface area contributed by atoms with Crippen molar-refractivity contribution in [1.29, 1.82) is 0 Å². The van der Waals surface area contributed by atoms with Gasteiger partial charge in [0.1, 0.15) is 11.8 Å². The summed E-state index contributed by atoms with van der Waals surface area (Å²) in [5.41, 5.74) is 3.28. The maximum Gasteiger partial charge on any atom is 0.261 e. The zero-order valence-corrected chi connectivity index (χ0v) is 18.4. The predicted molar refractivity (Wildman–Crippen MR) is 114 cm³/mol. The molecule has 150 valence electrons. The van der Waals surface area contributed by atoms with Crippen LogP contribution in [0.4, 0.5) is 0 Å². The Morgan fingerprint density at radius 2 is 1.79 bits per heavy atom. The van der Waals surface area contributed by atoms with Gasteiger partial charge in [0, 0.05) is 13.6 Å². The largest absolute Gasteiger partial charge is 0.483 e. The topological polar surface area (TPSA) is 58.6 Å². The van der Waals surface area contributed by atoms with E-state index in [1.807, 2.05) is 49.4 Å². The Morgan fingerprint density at radius 1 is 1.14 bits per heavy atom. The van der Waals surface area contributed by atoms with Gasteiger partial charge in [-0.25, -0.2) is 0 Å². The second-order valence-corrected chi connectivity index (χ2v) is 7.56. The highest BCUT2D eigenvalue weighted by molar-refractivity contribution is 9.10. The summed E-state index contributed by atoms with van der Waals surface area (Å²) in [5, 5.41) is 2.61. The molecule has 2 amide bonds. The Balaban J connectivity index is 2.13. The molecule has 0 saturated carbocycles. The molecule has 0 fully saturated rings. The highest BCUT2D eigenvalue weighted by Crippen LogP contribution is 2.26. The molecule has 0 spiro atoms. The van der Waals surface area contributed by atoms with Crippen LogP contribution in [0.2, 0.25) is 0 Å². The fourth-order valence-corrected chi connectivity index (χ4v) is 3.33. The van der Waals surface area contributed by atoms with Crippen molar-refractivity contribution in [1.82, 2.24) is 10.2 Å². The Bertz CT molecular complexity index is 821. The van der Waals surface area contributed by atoms with E-state index in [4.69, 9.17) is 4.74 Å². The molecule has 28 heavy (non-hydrogen) atoms. The zero-order valence-electron chi connectivity index (χ0n) is 16.8. The number of aryl methyl sites for hydroxylation is 2. The number of amides is 2. The number of benzene rings is 2. The summed E-state index contributed by atoms with van der Waals surface area (Å²) in [5.74, 6) is 0.144. The van der Waals surface area contributed by atoms with E-state index in [1.54, 1.807) is 14.0 Å². The summed E-state index contributed by atoms with van der Waals surface area (Å²) in [7, 11) is 1.57. The highest BCUT2D eigenvalue weighted by Gasteiger charge is 2.26. The number of hydrogen-bond acceptors (Lipinski definition) is 3. The molecule has 0 radical (unpaired) electrons. The van der Waals surface area contributed by atoms with Gasteiger partial charge in [0.2, 0.25) is 5.91 Å². The van der Waals surface area contributed by atoms with Gasteiger partial charge in [0.25, 0.3) is 5.91 Å². The van der Waals surface area contributed by atoms with Gasteiger partial charge in [0.15, 0.2) is 6.61 Å². The smallest absolute Gasteiger partial charge is 0.261 e. The number of likely N-dealkylation sites (N-methyl/N-ethyl adjacent to an activating group) is 1. The van der Waals surface area contributed by atoms with Crippen LogP contribution in [0.15, 0.2) is 46.9 Å². The first kappa shape index (κ1) is 22.0. The molecule has 2 rings (SSSR count). The molecular formula is C22H27BrN2O3. The number of hydrogen-bond donors (Lipinski definition) is 1. The molecule has 0 heterocycles. The lowest BCUT2D eigenvalue weighted by Gasteiger charge is -2.28. The van der Waals surface area contributed by atoms with E-state index in [2.05, 4.69) is 28.2 Å². The molecule has 6 heteroatoms. The van der Waals surface area contributed by atoms with Crippen molar-refractivity contribution >= 4 is 27.7 Å². The Hall–Kier alpha value is -2.34. The number of rotatable bonds is 8. The third-order valence-corrected chi connectivity index (χ3v) is 5.26. The zero-order chi connectivity index (χ0) is 20.7. The molecule has 1 atom stereocenters. The van der Waals surface area contributed by atoms with E-state index in [0.717, 1.165) is 22.0 Å². The molecule has 1 N–H and O–H groups in total. The predicted octanol–water partition coefficient (Wildman–Crippen LogP) is 3.86. The van der Waals surface area contributed by atoms with Gasteiger partial charge in [-0.05, 0) is 59.5 Å². The van der Waals surface area contributed by atoms with E-state index >= 15 is 0 Å². The molecule has 0 aliphatic heterocycles. The van der Waals surface area contributed by atoms with Crippen LogP contribution in [0.1, 0.15) is 30.5 Å². The normalized spacial score (nSPS) is 11.6. The maximum absolute atomic E-state index is 12.9. The number of carbonyl (C=O) groups excluding carboxylic acids is 2. The van der Waals surface area contributed by atoms with Gasteiger partial charge >= 0.3 is 0 Å². The van der Waals surface area contributed by atoms with E-state index in [0.29, 0.717) is 12.3 Å². The molecule has 2 aromatic carbocycles. The molecular weight excluding hydrogens is 420 g/mol. The van der Waals surface area contributed by atoms with E-state index < -0.39 is 6.04 Å². The van der Waals surface area contributed by atoms with Crippen molar-refractivity contribution in [3.8, 4) is 5.75 Å². The van der Waals surface area contributed by atoms with E-state index in [-0.39, 0.29) is 18.4 Å². The minimum atomic E-state index is -0.603. The molecule has 0 aliphatic rings. The molecule has 2 aromatic rings. The molecule has 0 aliphatic carbocycles. The summed E-state index contributed by atoms with van der Waals surface area (Å²) < 4.78 is 6.54. The third kappa shape index (κ3) is 5.83. The van der Waals surface area contributed by atoms with Gasteiger partial charge < -0.3 is 15.0 Å². The van der Waals surface area contributed by atoms with Crippen molar-refractivity contribution in [3.05, 3.63) is 63.6 Å². The number of nitrogens with one attached hydrogen (secondary N) is 1. The number of ether oxygens (including phenoxy) is 1. The first-order valence-corrected chi connectivity index (χ1v) is 10.1. The Morgan fingerprint density at radius 3 is 2.36 bits per heavy atom. The van der Waals surface area contributed by atoms with Crippen LogP contribution in [-0.2, 0) is 22.6 Å². The number of nitrogens with zero attached hydrogens (tertiary/aromatic N) is 1. The summed E-state index contributed by atoms with van der Waals surface area (Å²) in [6, 6.07) is 13.1. The second kappa shape index (κ2) is 10.3. The van der Waals surface area contributed by atoms with Crippen LogP contribution in [0.3, 0.4) is 0 Å². The lowest BCUT2D eigenvalue weighted by molar-refractivity contribution is -0.142. The van der Waals surface area contributed by atoms with Crippen molar-refractivity contribution in [2.45, 2.75) is 39.8 Å². The molecule has 0 aromatic heterocycles. The minimum Gasteiger partial charge on any atom is -0.483 e. The molecule has 5 nitrogen and oxygen atoms in total. The van der Waals surface area contributed by atoms with Crippen molar-refractivity contribution in [3.63, 3.8) is 0 Å². The number of carbonyl (C=O) groups is 2. The van der Waals surface area contributed by atoms with Gasteiger partial charge in [-0.1, -0.05) is 42.8 Å². The van der Waals surface area contributed by atoms with Gasteiger partial charge in [-0.15, -0.1) is 0 Å². The first-order valence-electron chi connectivity index (χ1n) is 9.33. The van der Waals surface area contributed by atoms with E-state index in [9.17, 15) is 9.59 Å². The van der Waals surface area contributed by atoms with Crippen LogP contribution in [-0.4, -0.2) is 36.4 Å². The van der Waals surface area contributed by atoms with Crippen molar-refractivity contribution < 1.29 is 14.3 Å². The standard InChI is InChI=1S/C22H27BrN2O3/c1-5-17-10-11-20(19(23)12-17)28-14-21(26)25(16(3)22(27)24-4)13-18-8-6-15(2)7-9-18/h6-12,16H,5,13-14H2,1-4H3,(H,24,27)/t16-/m0/s1. The lowest BCUT2D eigenvalue weighted by atomic mass is 10.1. The lowest BCUT2D eigenvalue weighted by Crippen LogP contribution is -2.48. The van der Waals surface area contributed by atoms with Crippen LogP contribution >= 0.6 is 15.9 Å². The number of halogens is 1. The quantitative estimate of drug-likeness (QED) is 0.669. The summed E-state index contributed by atoms with van der Waals surface area (Å²) in [6.45, 7) is 6.01. The second-order valence-electron chi connectivity index (χ2n) is 6.70. The van der Waals surface area contributed by atoms with Gasteiger partial charge in [-0.2, -0.15) is 0 Å². The van der Waals surface area contributed by atoms with E-state index in [1.165, 1.54) is 10.5 Å². The molecule has 0 unspecified atom stereocenters. The molecule has 0 bridgehead atoms. The average Bonchev–Trinajstić information content (AvgIpc) is 2.70.